The minimum atomic E-state index is -3.77. The Balaban J connectivity index is 1.27. The molecule has 6 heterocycles. The molecule has 2 saturated heterocycles. The SMILES string of the molecule is CS(=O)(=O)c1c(C2CC3CCC(C2)N3C(=O)c2cc(=O)cc[nH]2)nc2c(-c3ccc(-c4ccccc4)nc3)cnn2c1N. The molecule has 2 bridgehead atoms. The van der Waals surface area contributed by atoms with Crippen molar-refractivity contribution in [2.75, 3.05) is 12.0 Å². The first kappa shape index (κ1) is 27.0. The Morgan fingerprint density at radius 1 is 1.00 bits per heavy atom. The average molecular weight is 596 g/mol. The number of amides is 1. The van der Waals surface area contributed by atoms with Crippen LogP contribution in [0.3, 0.4) is 0 Å². The molecule has 12 heteroatoms. The summed E-state index contributed by atoms with van der Waals surface area (Å²) in [5.74, 6) is -0.454. The highest BCUT2D eigenvalue weighted by Crippen LogP contribution is 2.45. The molecule has 2 fully saturated rings. The van der Waals surface area contributed by atoms with Gasteiger partial charge in [0.15, 0.2) is 20.9 Å². The van der Waals surface area contributed by atoms with Crippen LogP contribution >= 0.6 is 0 Å². The molecule has 2 aliphatic rings. The third kappa shape index (κ3) is 4.67. The van der Waals surface area contributed by atoms with Crippen molar-refractivity contribution in [2.45, 2.75) is 48.6 Å². The Bertz CT molecular complexity index is 2020. The Morgan fingerprint density at radius 3 is 2.40 bits per heavy atom. The summed E-state index contributed by atoms with van der Waals surface area (Å²) in [5, 5.41) is 4.41. The van der Waals surface area contributed by atoms with Crippen molar-refractivity contribution >= 4 is 27.2 Å². The van der Waals surface area contributed by atoms with Gasteiger partial charge in [-0.3, -0.25) is 14.6 Å². The molecular formula is C31H29N7O4S. The number of hydrogen-bond donors (Lipinski definition) is 2. The normalized spacial score (nSPS) is 20.0. The summed E-state index contributed by atoms with van der Waals surface area (Å²) in [4.78, 5) is 39.6. The van der Waals surface area contributed by atoms with Gasteiger partial charge in [-0.15, -0.1) is 0 Å². The molecule has 11 nitrogen and oxygen atoms in total. The van der Waals surface area contributed by atoms with Crippen LogP contribution < -0.4 is 11.2 Å². The number of H-pyrrole nitrogens is 1. The summed E-state index contributed by atoms with van der Waals surface area (Å²) >= 11 is 0. The molecule has 0 saturated carbocycles. The maximum atomic E-state index is 13.4. The molecule has 5 aromatic rings. The molecule has 0 radical (unpaired) electrons. The summed E-state index contributed by atoms with van der Waals surface area (Å²) in [7, 11) is -3.77. The lowest BCUT2D eigenvalue weighted by Gasteiger charge is -2.39. The van der Waals surface area contributed by atoms with Crippen molar-refractivity contribution in [1.29, 1.82) is 0 Å². The van der Waals surface area contributed by atoms with E-state index in [4.69, 9.17) is 10.7 Å². The smallest absolute Gasteiger partial charge is 0.270 e. The number of sulfone groups is 1. The predicted molar refractivity (Wildman–Crippen MR) is 161 cm³/mol. The summed E-state index contributed by atoms with van der Waals surface area (Å²) < 4.78 is 27.6. The first-order valence-electron chi connectivity index (χ1n) is 14.1. The lowest BCUT2D eigenvalue weighted by atomic mass is 9.87. The minimum Gasteiger partial charge on any atom is -0.382 e. The van der Waals surface area contributed by atoms with Gasteiger partial charge in [0.05, 0.1) is 17.6 Å². The Hall–Kier alpha value is -4.84. The van der Waals surface area contributed by atoms with Gasteiger partial charge in [0.2, 0.25) is 0 Å². The lowest BCUT2D eigenvalue weighted by Crippen LogP contribution is -2.46. The molecule has 1 amide bonds. The number of carbonyl (C=O) groups is 1. The van der Waals surface area contributed by atoms with Crippen LogP contribution in [0.15, 0.2) is 82.9 Å². The van der Waals surface area contributed by atoms with Crippen LogP contribution in [-0.4, -0.2) is 62.1 Å². The van der Waals surface area contributed by atoms with Crippen molar-refractivity contribution in [3.8, 4) is 22.4 Å². The van der Waals surface area contributed by atoms with Gasteiger partial charge in [-0.1, -0.05) is 36.4 Å². The van der Waals surface area contributed by atoms with Crippen LogP contribution in [-0.2, 0) is 9.84 Å². The number of aromatic amines is 1. The molecule has 1 aromatic carbocycles. The molecule has 2 unspecified atom stereocenters. The molecular weight excluding hydrogens is 566 g/mol. The third-order valence-corrected chi connectivity index (χ3v) is 9.70. The number of aromatic nitrogens is 5. The van der Waals surface area contributed by atoms with Gasteiger partial charge in [-0.2, -0.15) is 9.61 Å². The Labute approximate surface area is 247 Å². The number of nitrogen functional groups attached to an aromatic ring is 1. The number of nitrogens with two attached hydrogens (primary N) is 1. The molecule has 4 aromatic heterocycles. The number of nitrogens with one attached hydrogen (secondary N) is 1. The van der Waals surface area contributed by atoms with Crippen molar-refractivity contribution in [3.05, 3.63) is 94.8 Å². The van der Waals surface area contributed by atoms with E-state index in [1.54, 1.807) is 12.4 Å². The van der Waals surface area contributed by atoms with E-state index in [2.05, 4.69) is 15.1 Å². The fourth-order valence-corrected chi connectivity index (χ4v) is 7.71. The monoisotopic (exact) mass is 595 g/mol. The summed E-state index contributed by atoms with van der Waals surface area (Å²) in [6.07, 6.45) is 8.60. The standard InChI is InChI=1S/C31H29N7O4S/c1-43(41,42)28-27(20-13-21-8-9-22(14-20)37(21)31(40)26-15-23(39)11-12-33-26)36-30-24(17-35-38(30)29(28)32)19-7-10-25(34-16-19)18-5-3-2-4-6-18/h2-7,10-12,15-17,20-22H,8-9,13-14,32H2,1H3,(H,33,39). The van der Waals surface area contributed by atoms with E-state index in [0.29, 0.717) is 29.7 Å². The van der Waals surface area contributed by atoms with E-state index in [9.17, 15) is 18.0 Å². The number of pyridine rings is 2. The van der Waals surface area contributed by atoms with E-state index < -0.39 is 9.84 Å². The second kappa shape index (κ2) is 10.2. The molecule has 218 valence electrons. The maximum Gasteiger partial charge on any atom is 0.270 e. The van der Waals surface area contributed by atoms with E-state index in [0.717, 1.165) is 35.9 Å². The zero-order valence-electron chi connectivity index (χ0n) is 23.3. The van der Waals surface area contributed by atoms with Gasteiger partial charge >= 0.3 is 0 Å². The third-order valence-electron chi connectivity index (χ3n) is 8.54. The maximum absolute atomic E-state index is 13.4. The Morgan fingerprint density at radius 2 is 1.74 bits per heavy atom. The molecule has 0 aliphatic carbocycles. The number of fused-ring (bicyclic) bond motifs is 3. The molecule has 43 heavy (non-hydrogen) atoms. The largest absolute Gasteiger partial charge is 0.382 e. The highest BCUT2D eigenvalue weighted by molar-refractivity contribution is 7.91. The Kier molecular flexibility index (Phi) is 6.38. The van der Waals surface area contributed by atoms with Crippen LogP contribution in [0.25, 0.3) is 28.0 Å². The highest BCUT2D eigenvalue weighted by Gasteiger charge is 2.45. The zero-order chi connectivity index (χ0) is 29.9. The van der Waals surface area contributed by atoms with Crippen LogP contribution in [0, 0.1) is 0 Å². The number of hydrogen-bond acceptors (Lipinski definition) is 8. The van der Waals surface area contributed by atoms with Gasteiger partial charge < -0.3 is 15.6 Å². The van der Waals surface area contributed by atoms with Crippen molar-refractivity contribution in [1.82, 2.24) is 29.5 Å². The quantitative estimate of drug-likeness (QED) is 0.312. The van der Waals surface area contributed by atoms with Gasteiger partial charge in [0, 0.05) is 65.5 Å². The fourth-order valence-electron chi connectivity index (χ4n) is 6.65. The van der Waals surface area contributed by atoms with Crippen LogP contribution in [0.4, 0.5) is 5.82 Å². The molecule has 0 spiro atoms. The number of piperidine rings is 1. The van der Waals surface area contributed by atoms with E-state index >= 15 is 0 Å². The zero-order valence-corrected chi connectivity index (χ0v) is 24.2. The number of rotatable bonds is 5. The van der Waals surface area contributed by atoms with Crippen LogP contribution in [0.1, 0.15) is 47.8 Å². The molecule has 2 atom stereocenters. The lowest BCUT2D eigenvalue weighted by molar-refractivity contribution is 0.0562. The van der Waals surface area contributed by atoms with Gasteiger partial charge in [0.1, 0.15) is 16.4 Å². The van der Waals surface area contributed by atoms with Gasteiger partial charge in [0.25, 0.3) is 5.91 Å². The molecule has 3 N–H and O–H groups in total. The highest BCUT2D eigenvalue weighted by atomic mass is 32.2. The van der Waals surface area contributed by atoms with Gasteiger partial charge in [-0.05, 0) is 31.7 Å². The second-order valence-electron chi connectivity index (χ2n) is 11.3. The first-order chi connectivity index (χ1) is 20.7. The number of nitrogens with zero attached hydrogens (tertiary/aromatic N) is 5. The second-order valence-corrected chi connectivity index (χ2v) is 13.2. The van der Waals surface area contributed by atoms with Gasteiger partial charge in [-0.25, -0.2) is 13.4 Å². The van der Waals surface area contributed by atoms with Crippen LogP contribution in [0.5, 0.6) is 0 Å². The summed E-state index contributed by atoms with van der Waals surface area (Å²) in [5.41, 5.74) is 10.7. The number of anilines is 1. The number of carbonyl (C=O) groups excluding carboxylic acids is 1. The minimum absolute atomic E-state index is 0.00956. The van der Waals surface area contributed by atoms with Crippen molar-refractivity contribution in [3.63, 3.8) is 0 Å². The van der Waals surface area contributed by atoms with E-state index in [-0.39, 0.29) is 45.7 Å². The van der Waals surface area contributed by atoms with Crippen molar-refractivity contribution in [2.24, 2.45) is 0 Å². The fraction of sp³-hybridized carbons (Fsp3) is 0.258. The van der Waals surface area contributed by atoms with Crippen molar-refractivity contribution < 1.29 is 13.2 Å². The molecule has 2 aliphatic heterocycles. The first-order valence-corrected chi connectivity index (χ1v) is 16.0. The topological polar surface area (TPSA) is 156 Å². The number of benzene rings is 1. The molecule has 7 rings (SSSR count). The van der Waals surface area contributed by atoms with Crippen LogP contribution in [0.2, 0.25) is 0 Å². The predicted octanol–water partition coefficient (Wildman–Crippen LogP) is 3.68. The summed E-state index contributed by atoms with van der Waals surface area (Å²) in [6.45, 7) is 0. The van der Waals surface area contributed by atoms with E-state index in [1.807, 2.05) is 47.4 Å². The summed E-state index contributed by atoms with van der Waals surface area (Å²) in [6, 6.07) is 16.2. The average Bonchev–Trinajstić information content (AvgIpc) is 3.54. The van der Waals surface area contributed by atoms with E-state index in [1.165, 1.54) is 22.8 Å².